The summed E-state index contributed by atoms with van der Waals surface area (Å²) in [6.07, 6.45) is 2.47. The molecule has 2 heterocycles. The van der Waals surface area contributed by atoms with E-state index < -0.39 is 0 Å². The zero-order valence-electron chi connectivity index (χ0n) is 9.45. The fraction of sp³-hybridized carbons (Fsp3) is 0.636. The molecular formula is C11H17N3OS. The van der Waals surface area contributed by atoms with Crippen molar-refractivity contribution in [2.24, 2.45) is 0 Å². The van der Waals surface area contributed by atoms with Crippen LogP contribution in [0.25, 0.3) is 0 Å². The number of carbonyl (C=O) groups is 1. The second kappa shape index (κ2) is 5.41. The van der Waals surface area contributed by atoms with Gasteiger partial charge in [0.15, 0.2) is 0 Å². The zero-order valence-corrected chi connectivity index (χ0v) is 10.3. The Hall–Kier alpha value is -0.940. The molecule has 0 saturated carbocycles. The maximum absolute atomic E-state index is 11.7. The second-order valence-corrected chi connectivity index (χ2v) is 5.19. The number of nitrogens with zero attached hydrogens (tertiary/aromatic N) is 1. The van der Waals surface area contributed by atoms with Crippen molar-refractivity contribution in [3.8, 4) is 0 Å². The van der Waals surface area contributed by atoms with Crippen molar-refractivity contribution in [3.05, 3.63) is 16.1 Å². The number of aryl methyl sites for hydroxylation is 1. The molecule has 0 aromatic carbocycles. The van der Waals surface area contributed by atoms with Gasteiger partial charge in [0, 0.05) is 11.4 Å². The molecule has 4 nitrogen and oxygen atoms in total. The molecule has 1 saturated heterocycles. The number of amides is 1. The first-order valence-corrected chi connectivity index (χ1v) is 6.53. The van der Waals surface area contributed by atoms with E-state index in [2.05, 4.69) is 15.6 Å². The van der Waals surface area contributed by atoms with E-state index in [1.54, 1.807) is 11.3 Å². The number of nitrogens with one attached hydrogen (secondary N) is 2. The Morgan fingerprint density at radius 3 is 3.00 bits per heavy atom. The van der Waals surface area contributed by atoms with Crippen molar-refractivity contribution in [1.82, 2.24) is 15.6 Å². The average molecular weight is 239 g/mol. The third-order valence-electron chi connectivity index (χ3n) is 2.71. The highest BCUT2D eigenvalue weighted by Crippen LogP contribution is 2.09. The van der Waals surface area contributed by atoms with Crippen LogP contribution in [-0.2, 0) is 11.2 Å². The molecule has 0 unspecified atom stereocenters. The number of aromatic nitrogens is 1. The van der Waals surface area contributed by atoms with E-state index in [1.165, 1.54) is 0 Å². The molecule has 1 aliphatic rings. The topological polar surface area (TPSA) is 54.0 Å². The minimum absolute atomic E-state index is 0.0946. The lowest BCUT2D eigenvalue weighted by molar-refractivity contribution is -0.121. The Labute approximate surface area is 99.5 Å². The van der Waals surface area contributed by atoms with Crippen LogP contribution in [0.4, 0.5) is 0 Å². The summed E-state index contributed by atoms with van der Waals surface area (Å²) in [5.41, 5.74) is 0.883. The Balaban J connectivity index is 1.79. The SMILES string of the molecule is Cc1nc(CC(=O)NC2CCNCC2)cs1. The van der Waals surface area contributed by atoms with E-state index in [4.69, 9.17) is 0 Å². The molecule has 0 aliphatic carbocycles. The molecular weight excluding hydrogens is 222 g/mol. The molecule has 88 valence electrons. The van der Waals surface area contributed by atoms with Gasteiger partial charge in [0.1, 0.15) is 0 Å². The molecule has 0 spiro atoms. The minimum atomic E-state index is 0.0946. The van der Waals surface area contributed by atoms with Gasteiger partial charge in [-0.2, -0.15) is 0 Å². The standard InChI is InChI=1S/C11H17N3OS/c1-8-13-10(7-16-8)6-11(15)14-9-2-4-12-5-3-9/h7,9,12H,2-6H2,1H3,(H,14,15). The van der Waals surface area contributed by atoms with Crippen molar-refractivity contribution >= 4 is 17.2 Å². The third kappa shape index (κ3) is 3.28. The van der Waals surface area contributed by atoms with Crippen LogP contribution in [0.15, 0.2) is 5.38 Å². The van der Waals surface area contributed by atoms with Crippen molar-refractivity contribution in [1.29, 1.82) is 0 Å². The predicted molar refractivity (Wildman–Crippen MR) is 64.6 cm³/mol. The van der Waals surface area contributed by atoms with Crippen molar-refractivity contribution < 1.29 is 4.79 Å². The fourth-order valence-corrected chi connectivity index (χ4v) is 2.51. The summed E-state index contributed by atoms with van der Waals surface area (Å²) in [4.78, 5) is 16.0. The number of piperidine rings is 1. The van der Waals surface area contributed by atoms with E-state index in [-0.39, 0.29) is 5.91 Å². The summed E-state index contributed by atoms with van der Waals surface area (Å²) in [5.74, 6) is 0.0946. The van der Waals surface area contributed by atoms with E-state index in [1.807, 2.05) is 12.3 Å². The van der Waals surface area contributed by atoms with Crippen LogP contribution < -0.4 is 10.6 Å². The first-order chi connectivity index (χ1) is 7.74. The van der Waals surface area contributed by atoms with Crippen LogP contribution in [0.3, 0.4) is 0 Å². The largest absolute Gasteiger partial charge is 0.353 e. The van der Waals surface area contributed by atoms with E-state index in [0.717, 1.165) is 36.6 Å². The molecule has 1 amide bonds. The molecule has 2 rings (SSSR count). The van der Waals surface area contributed by atoms with Crippen LogP contribution in [0.1, 0.15) is 23.5 Å². The van der Waals surface area contributed by atoms with Gasteiger partial charge >= 0.3 is 0 Å². The normalized spacial score (nSPS) is 17.3. The highest BCUT2D eigenvalue weighted by molar-refractivity contribution is 7.09. The van der Waals surface area contributed by atoms with Crippen molar-refractivity contribution in [2.75, 3.05) is 13.1 Å². The fourth-order valence-electron chi connectivity index (χ4n) is 1.90. The molecule has 2 N–H and O–H groups in total. The van der Waals surface area contributed by atoms with Crippen LogP contribution in [-0.4, -0.2) is 30.0 Å². The number of hydrogen-bond acceptors (Lipinski definition) is 4. The Bertz CT molecular complexity index is 358. The molecule has 1 aliphatic heterocycles. The Morgan fingerprint density at radius 2 is 2.38 bits per heavy atom. The predicted octanol–water partition coefficient (Wildman–Crippen LogP) is 0.862. The van der Waals surface area contributed by atoms with Gasteiger partial charge in [-0.1, -0.05) is 0 Å². The van der Waals surface area contributed by atoms with Crippen LogP contribution >= 0.6 is 11.3 Å². The summed E-state index contributed by atoms with van der Waals surface area (Å²) in [6, 6.07) is 0.341. The third-order valence-corrected chi connectivity index (χ3v) is 3.53. The molecule has 16 heavy (non-hydrogen) atoms. The monoisotopic (exact) mass is 239 g/mol. The van der Waals surface area contributed by atoms with Crippen molar-refractivity contribution in [2.45, 2.75) is 32.2 Å². The maximum Gasteiger partial charge on any atom is 0.226 e. The van der Waals surface area contributed by atoms with Crippen LogP contribution in [0.2, 0.25) is 0 Å². The Kier molecular flexibility index (Phi) is 3.90. The summed E-state index contributed by atoms with van der Waals surface area (Å²) < 4.78 is 0. The average Bonchev–Trinajstić information content (AvgIpc) is 2.65. The Morgan fingerprint density at radius 1 is 1.62 bits per heavy atom. The van der Waals surface area contributed by atoms with Gasteiger partial charge in [-0.3, -0.25) is 4.79 Å². The van der Waals surface area contributed by atoms with Gasteiger partial charge < -0.3 is 10.6 Å². The lowest BCUT2D eigenvalue weighted by atomic mass is 10.1. The lowest BCUT2D eigenvalue weighted by Crippen LogP contribution is -2.43. The van der Waals surface area contributed by atoms with Gasteiger partial charge in [-0.15, -0.1) is 11.3 Å². The second-order valence-electron chi connectivity index (χ2n) is 4.13. The molecule has 0 radical (unpaired) electrons. The minimum Gasteiger partial charge on any atom is -0.353 e. The smallest absolute Gasteiger partial charge is 0.226 e. The molecule has 1 aromatic heterocycles. The summed E-state index contributed by atoms with van der Waals surface area (Å²) in [7, 11) is 0. The molecule has 0 bridgehead atoms. The molecule has 5 heteroatoms. The van der Waals surface area contributed by atoms with Crippen molar-refractivity contribution in [3.63, 3.8) is 0 Å². The molecule has 1 aromatic rings. The zero-order chi connectivity index (χ0) is 11.4. The quantitative estimate of drug-likeness (QED) is 0.822. The van der Waals surface area contributed by atoms with Gasteiger partial charge in [-0.25, -0.2) is 4.98 Å². The highest BCUT2D eigenvalue weighted by Gasteiger charge is 2.15. The summed E-state index contributed by atoms with van der Waals surface area (Å²) in [6.45, 7) is 3.96. The van der Waals surface area contributed by atoms with E-state index in [9.17, 15) is 4.79 Å². The lowest BCUT2D eigenvalue weighted by Gasteiger charge is -2.23. The number of carbonyl (C=O) groups excluding carboxylic acids is 1. The number of rotatable bonds is 3. The van der Waals surface area contributed by atoms with Gasteiger partial charge in [0.2, 0.25) is 5.91 Å². The number of thiazole rings is 1. The van der Waals surface area contributed by atoms with Crippen LogP contribution in [0.5, 0.6) is 0 Å². The first kappa shape index (κ1) is 11.5. The maximum atomic E-state index is 11.7. The van der Waals surface area contributed by atoms with Crippen LogP contribution in [0, 0.1) is 6.92 Å². The van der Waals surface area contributed by atoms with E-state index >= 15 is 0 Å². The van der Waals surface area contributed by atoms with Gasteiger partial charge in [0.25, 0.3) is 0 Å². The highest BCUT2D eigenvalue weighted by atomic mass is 32.1. The molecule has 1 fully saturated rings. The number of hydrogen-bond donors (Lipinski definition) is 2. The summed E-state index contributed by atoms with van der Waals surface area (Å²) >= 11 is 1.59. The van der Waals surface area contributed by atoms with Gasteiger partial charge in [0.05, 0.1) is 17.1 Å². The molecule has 0 atom stereocenters. The first-order valence-electron chi connectivity index (χ1n) is 5.65. The van der Waals surface area contributed by atoms with Gasteiger partial charge in [-0.05, 0) is 32.9 Å². The summed E-state index contributed by atoms with van der Waals surface area (Å²) in [5, 5.41) is 9.32. The van der Waals surface area contributed by atoms with E-state index in [0.29, 0.717) is 12.5 Å².